The van der Waals surface area contributed by atoms with Crippen LogP contribution in [0.5, 0.6) is 0 Å². The number of hydrogen-bond donors (Lipinski definition) is 3. The molecule has 0 saturated carbocycles. The third kappa shape index (κ3) is 4.36. The minimum absolute atomic E-state index is 0.106. The molecule has 1 aromatic heterocycles. The van der Waals surface area contributed by atoms with Crippen molar-refractivity contribution in [3.63, 3.8) is 0 Å². The molecule has 1 aromatic carbocycles. The van der Waals surface area contributed by atoms with Crippen molar-refractivity contribution in [3.8, 4) is 0 Å². The van der Waals surface area contributed by atoms with Crippen LogP contribution in [-0.4, -0.2) is 31.2 Å². The highest BCUT2D eigenvalue weighted by Crippen LogP contribution is 2.15. The Labute approximate surface area is 139 Å². The van der Waals surface area contributed by atoms with E-state index in [4.69, 9.17) is 9.15 Å². The lowest BCUT2D eigenvalue weighted by Crippen LogP contribution is -2.35. The number of furan rings is 1. The molecule has 0 spiro atoms. The van der Waals surface area contributed by atoms with Gasteiger partial charge in [0, 0.05) is 24.5 Å². The van der Waals surface area contributed by atoms with Gasteiger partial charge in [-0.1, -0.05) is 0 Å². The zero-order chi connectivity index (χ0) is 16.8. The number of hydrogen-bond acceptors (Lipinski definition) is 4. The monoisotopic (exact) mass is 329 g/mol. The van der Waals surface area contributed by atoms with Gasteiger partial charge in [0.2, 0.25) is 0 Å². The maximum atomic E-state index is 11.9. The van der Waals surface area contributed by atoms with Crippen molar-refractivity contribution in [3.05, 3.63) is 48.4 Å². The van der Waals surface area contributed by atoms with E-state index in [2.05, 4.69) is 16.0 Å². The van der Waals surface area contributed by atoms with E-state index in [0.29, 0.717) is 17.9 Å². The van der Waals surface area contributed by atoms with Crippen LogP contribution in [0.15, 0.2) is 47.1 Å². The van der Waals surface area contributed by atoms with Crippen LogP contribution in [0.4, 0.5) is 16.2 Å². The van der Waals surface area contributed by atoms with Gasteiger partial charge in [0.1, 0.15) is 0 Å². The van der Waals surface area contributed by atoms with E-state index in [1.807, 2.05) is 0 Å². The fourth-order valence-corrected chi connectivity index (χ4v) is 2.42. The van der Waals surface area contributed by atoms with Crippen molar-refractivity contribution in [2.75, 3.05) is 23.8 Å². The van der Waals surface area contributed by atoms with Crippen LogP contribution in [0, 0.1) is 0 Å². The molecule has 126 valence electrons. The van der Waals surface area contributed by atoms with Crippen LogP contribution in [0.25, 0.3) is 0 Å². The molecule has 0 aliphatic carbocycles. The van der Waals surface area contributed by atoms with E-state index in [-0.39, 0.29) is 23.8 Å². The number of benzene rings is 1. The summed E-state index contributed by atoms with van der Waals surface area (Å²) in [7, 11) is 0. The Morgan fingerprint density at radius 2 is 1.83 bits per heavy atom. The van der Waals surface area contributed by atoms with Crippen LogP contribution < -0.4 is 16.0 Å². The predicted octanol–water partition coefficient (Wildman–Crippen LogP) is 2.83. The van der Waals surface area contributed by atoms with Gasteiger partial charge in [-0.25, -0.2) is 4.79 Å². The number of nitrogens with one attached hydrogen (secondary N) is 3. The molecule has 3 rings (SSSR count). The molecular weight excluding hydrogens is 310 g/mol. The molecule has 24 heavy (non-hydrogen) atoms. The van der Waals surface area contributed by atoms with Gasteiger partial charge in [-0.05, 0) is 49.2 Å². The molecule has 3 N–H and O–H groups in total. The van der Waals surface area contributed by atoms with Crippen molar-refractivity contribution in [1.82, 2.24) is 5.32 Å². The normalized spacial score (nSPS) is 16.6. The SMILES string of the molecule is O=C(NCC1CCCO1)Nc1ccc(NC(=O)c2ccco2)cc1. The lowest BCUT2D eigenvalue weighted by molar-refractivity contribution is 0.0996. The molecule has 2 heterocycles. The molecule has 1 fully saturated rings. The lowest BCUT2D eigenvalue weighted by Gasteiger charge is -2.12. The van der Waals surface area contributed by atoms with Gasteiger partial charge >= 0.3 is 6.03 Å². The molecule has 2 aromatic rings. The quantitative estimate of drug-likeness (QED) is 0.786. The molecule has 0 radical (unpaired) electrons. The van der Waals surface area contributed by atoms with Crippen LogP contribution in [0.1, 0.15) is 23.4 Å². The van der Waals surface area contributed by atoms with Crippen molar-refractivity contribution in [1.29, 1.82) is 0 Å². The van der Waals surface area contributed by atoms with Crippen LogP contribution in [0.3, 0.4) is 0 Å². The summed E-state index contributed by atoms with van der Waals surface area (Å²) >= 11 is 0. The first-order valence-electron chi connectivity index (χ1n) is 7.82. The molecular formula is C17H19N3O4. The highest BCUT2D eigenvalue weighted by Gasteiger charge is 2.16. The molecule has 3 amide bonds. The Kier molecular flexibility index (Phi) is 5.12. The standard InChI is InChI=1S/C17H19N3O4/c21-16(15-4-2-10-24-15)19-12-5-7-13(8-6-12)20-17(22)18-11-14-3-1-9-23-14/h2,4-8,10,14H,1,3,9,11H2,(H,19,21)(H2,18,20,22). The highest BCUT2D eigenvalue weighted by molar-refractivity contribution is 6.02. The van der Waals surface area contributed by atoms with Crippen molar-refractivity contribution in [2.45, 2.75) is 18.9 Å². The Morgan fingerprint density at radius 1 is 1.08 bits per heavy atom. The maximum absolute atomic E-state index is 11.9. The molecule has 1 atom stereocenters. The van der Waals surface area contributed by atoms with Crippen molar-refractivity contribution in [2.24, 2.45) is 0 Å². The third-order valence-corrected chi connectivity index (χ3v) is 3.66. The summed E-state index contributed by atoms with van der Waals surface area (Å²) in [5, 5.41) is 8.23. The van der Waals surface area contributed by atoms with Crippen LogP contribution in [-0.2, 0) is 4.74 Å². The first kappa shape index (κ1) is 16.1. The maximum Gasteiger partial charge on any atom is 0.319 e. The highest BCUT2D eigenvalue weighted by atomic mass is 16.5. The third-order valence-electron chi connectivity index (χ3n) is 3.66. The molecule has 7 heteroatoms. The Bertz CT molecular complexity index is 676. The number of urea groups is 1. The van der Waals surface area contributed by atoms with E-state index in [1.165, 1.54) is 6.26 Å². The first-order chi connectivity index (χ1) is 11.7. The number of anilines is 2. The Hall–Kier alpha value is -2.80. The van der Waals surface area contributed by atoms with Gasteiger partial charge in [0.25, 0.3) is 5.91 Å². The fourth-order valence-electron chi connectivity index (χ4n) is 2.42. The summed E-state index contributed by atoms with van der Waals surface area (Å²) in [6, 6.07) is 9.79. The number of rotatable bonds is 5. The Morgan fingerprint density at radius 3 is 2.46 bits per heavy atom. The second kappa shape index (κ2) is 7.65. The minimum atomic E-state index is -0.324. The van der Waals surface area contributed by atoms with Crippen molar-refractivity contribution >= 4 is 23.3 Å². The van der Waals surface area contributed by atoms with Crippen LogP contribution >= 0.6 is 0 Å². The summed E-state index contributed by atoms with van der Waals surface area (Å²) in [6.07, 6.45) is 3.57. The second-order valence-corrected chi connectivity index (χ2v) is 5.48. The number of amides is 3. The summed E-state index contributed by atoms with van der Waals surface area (Å²) in [4.78, 5) is 23.7. The number of carbonyl (C=O) groups is 2. The smallest absolute Gasteiger partial charge is 0.319 e. The lowest BCUT2D eigenvalue weighted by atomic mass is 10.2. The first-order valence-corrected chi connectivity index (χ1v) is 7.82. The van der Waals surface area contributed by atoms with Gasteiger partial charge in [-0.3, -0.25) is 4.79 Å². The number of carbonyl (C=O) groups excluding carboxylic acids is 2. The van der Waals surface area contributed by atoms with E-state index in [9.17, 15) is 9.59 Å². The van der Waals surface area contributed by atoms with Gasteiger partial charge in [-0.15, -0.1) is 0 Å². The fraction of sp³-hybridized carbons (Fsp3) is 0.294. The van der Waals surface area contributed by atoms with Gasteiger partial charge in [0.15, 0.2) is 5.76 Å². The molecule has 1 saturated heterocycles. The van der Waals surface area contributed by atoms with E-state index in [1.54, 1.807) is 36.4 Å². The van der Waals surface area contributed by atoms with Crippen molar-refractivity contribution < 1.29 is 18.7 Å². The van der Waals surface area contributed by atoms with E-state index in [0.717, 1.165) is 19.4 Å². The average Bonchev–Trinajstić information content (AvgIpc) is 3.28. The summed E-state index contributed by atoms with van der Waals surface area (Å²) < 4.78 is 10.5. The summed E-state index contributed by atoms with van der Waals surface area (Å²) in [5.41, 5.74) is 1.25. The topological polar surface area (TPSA) is 92.6 Å². The Balaban J connectivity index is 1.47. The van der Waals surface area contributed by atoms with E-state index < -0.39 is 0 Å². The minimum Gasteiger partial charge on any atom is -0.459 e. The van der Waals surface area contributed by atoms with E-state index >= 15 is 0 Å². The van der Waals surface area contributed by atoms with Gasteiger partial charge in [-0.2, -0.15) is 0 Å². The molecule has 1 unspecified atom stereocenters. The summed E-state index contributed by atoms with van der Waals surface area (Å²) in [5.74, 6) is -0.0827. The largest absolute Gasteiger partial charge is 0.459 e. The molecule has 7 nitrogen and oxygen atoms in total. The number of ether oxygens (including phenoxy) is 1. The van der Waals surface area contributed by atoms with Gasteiger partial charge in [0.05, 0.1) is 12.4 Å². The molecule has 1 aliphatic rings. The zero-order valence-electron chi connectivity index (χ0n) is 13.1. The van der Waals surface area contributed by atoms with Gasteiger partial charge < -0.3 is 25.1 Å². The van der Waals surface area contributed by atoms with Crippen LogP contribution in [0.2, 0.25) is 0 Å². The average molecular weight is 329 g/mol. The molecule has 1 aliphatic heterocycles. The summed E-state index contributed by atoms with van der Waals surface area (Å²) in [6.45, 7) is 1.27. The second-order valence-electron chi connectivity index (χ2n) is 5.48. The zero-order valence-corrected chi connectivity index (χ0v) is 13.1. The predicted molar refractivity (Wildman–Crippen MR) is 89.1 cm³/mol. The molecule has 0 bridgehead atoms.